The summed E-state index contributed by atoms with van der Waals surface area (Å²) in [6.45, 7) is 4.16. The fourth-order valence-corrected chi connectivity index (χ4v) is 2.30. The van der Waals surface area contributed by atoms with Gasteiger partial charge in [0.1, 0.15) is 11.6 Å². The first-order valence-corrected chi connectivity index (χ1v) is 6.85. The lowest BCUT2D eigenvalue weighted by molar-refractivity contribution is 0.262. The van der Waals surface area contributed by atoms with Crippen molar-refractivity contribution >= 4 is 15.9 Å². The summed E-state index contributed by atoms with van der Waals surface area (Å²) in [5, 5.41) is 0. The Bertz CT molecular complexity index is 366. The molecule has 1 aliphatic heterocycles. The van der Waals surface area contributed by atoms with Crippen LogP contribution in [0.4, 0.5) is 4.39 Å². The Labute approximate surface area is 110 Å². The summed E-state index contributed by atoms with van der Waals surface area (Å²) in [6.07, 6.45) is 3.63. The van der Waals surface area contributed by atoms with Crippen molar-refractivity contribution in [1.29, 1.82) is 0 Å². The molecule has 1 fully saturated rings. The van der Waals surface area contributed by atoms with Crippen LogP contribution in [0.1, 0.15) is 19.3 Å². The smallest absolute Gasteiger partial charge is 0.141 e. The van der Waals surface area contributed by atoms with Crippen LogP contribution in [0, 0.1) is 5.82 Å². The molecule has 0 radical (unpaired) electrons. The van der Waals surface area contributed by atoms with Crippen molar-refractivity contribution in [2.75, 3.05) is 26.2 Å². The van der Waals surface area contributed by atoms with Crippen molar-refractivity contribution < 1.29 is 9.13 Å². The van der Waals surface area contributed by atoms with Gasteiger partial charge in [0, 0.05) is 12.6 Å². The molecule has 2 nitrogen and oxygen atoms in total. The molecule has 0 aliphatic carbocycles. The van der Waals surface area contributed by atoms with Crippen LogP contribution in [0.5, 0.6) is 5.75 Å². The first kappa shape index (κ1) is 12.8. The van der Waals surface area contributed by atoms with E-state index in [9.17, 15) is 4.39 Å². The highest BCUT2D eigenvalue weighted by Crippen LogP contribution is 2.21. The Kier molecular flexibility index (Phi) is 4.80. The number of hydrogen-bond acceptors (Lipinski definition) is 2. The molecule has 0 spiro atoms. The van der Waals surface area contributed by atoms with Gasteiger partial charge >= 0.3 is 0 Å². The second kappa shape index (κ2) is 6.36. The fraction of sp³-hybridized carbons (Fsp3) is 0.538. The van der Waals surface area contributed by atoms with Crippen molar-refractivity contribution in [3.8, 4) is 5.75 Å². The van der Waals surface area contributed by atoms with E-state index in [1.54, 1.807) is 12.1 Å². The maximum atomic E-state index is 13.2. The summed E-state index contributed by atoms with van der Waals surface area (Å²) in [5.74, 6) is 0.328. The van der Waals surface area contributed by atoms with Gasteiger partial charge in [-0.3, -0.25) is 0 Å². The molecule has 1 aromatic rings. The van der Waals surface area contributed by atoms with Gasteiger partial charge in [0.25, 0.3) is 0 Å². The molecule has 1 saturated heterocycles. The Morgan fingerprint density at radius 3 is 2.76 bits per heavy atom. The van der Waals surface area contributed by atoms with E-state index in [0.29, 0.717) is 16.8 Å². The second-order valence-electron chi connectivity index (χ2n) is 4.33. The van der Waals surface area contributed by atoms with Crippen molar-refractivity contribution in [2.24, 2.45) is 0 Å². The second-order valence-corrected chi connectivity index (χ2v) is 5.18. The SMILES string of the molecule is Fc1cc(OCCCN2CCCC2)ccc1Br. The zero-order valence-corrected chi connectivity index (χ0v) is 11.4. The Morgan fingerprint density at radius 2 is 2.06 bits per heavy atom. The molecule has 2 rings (SSSR count). The number of rotatable bonds is 5. The molecule has 94 valence electrons. The van der Waals surface area contributed by atoms with Gasteiger partial charge in [0.05, 0.1) is 11.1 Å². The van der Waals surface area contributed by atoms with Gasteiger partial charge in [-0.2, -0.15) is 0 Å². The quantitative estimate of drug-likeness (QED) is 0.772. The lowest BCUT2D eigenvalue weighted by atomic mass is 10.3. The summed E-state index contributed by atoms with van der Waals surface area (Å²) >= 11 is 3.12. The number of benzene rings is 1. The molecule has 0 saturated carbocycles. The molecule has 0 bridgehead atoms. The summed E-state index contributed by atoms with van der Waals surface area (Å²) in [6, 6.07) is 4.87. The molecule has 0 unspecified atom stereocenters. The Morgan fingerprint density at radius 1 is 1.29 bits per heavy atom. The lowest BCUT2D eigenvalue weighted by Gasteiger charge is -2.14. The molecule has 17 heavy (non-hydrogen) atoms. The standard InChI is InChI=1S/C13H17BrFNO/c14-12-5-4-11(10-13(12)15)17-9-3-8-16-6-1-2-7-16/h4-5,10H,1-3,6-9H2. The molecular weight excluding hydrogens is 285 g/mol. The van der Waals surface area contributed by atoms with Crippen LogP contribution in [-0.4, -0.2) is 31.1 Å². The van der Waals surface area contributed by atoms with Crippen LogP contribution in [0.15, 0.2) is 22.7 Å². The molecule has 1 heterocycles. The first-order valence-electron chi connectivity index (χ1n) is 6.06. The number of ether oxygens (including phenoxy) is 1. The molecule has 1 aromatic carbocycles. The van der Waals surface area contributed by atoms with E-state index in [1.165, 1.54) is 32.0 Å². The molecular formula is C13H17BrFNO. The summed E-state index contributed by atoms with van der Waals surface area (Å²) in [5.41, 5.74) is 0. The highest BCUT2D eigenvalue weighted by Gasteiger charge is 2.10. The third-order valence-electron chi connectivity index (χ3n) is 2.98. The maximum absolute atomic E-state index is 13.2. The van der Waals surface area contributed by atoms with Gasteiger partial charge in [0.15, 0.2) is 0 Å². The first-order chi connectivity index (χ1) is 8.25. The minimum atomic E-state index is -0.276. The average molecular weight is 302 g/mol. The Hall–Kier alpha value is -0.610. The summed E-state index contributed by atoms with van der Waals surface area (Å²) in [4.78, 5) is 2.45. The highest BCUT2D eigenvalue weighted by atomic mass is 79.9. The van der Waals surface area contributed by atoms with Crippen molar-refractivity contribution in [3.63, 3.8) is 0 Å². The lowest BCUT2D eigenvalue weighted by Crippen LogP contribution is -2.21. The number of halogens is 2. The topological polar surface area (TPSA) is 12.5 Å². The zero-order valence-electron chi connectivity index (χ0n) is 9.79. The van der Waals surface area contributed by atoms with Crippen LogP contribution in [0.3, 0.4) is 0 Å². The van der Waals surface area contributed by atoms with Crippen LogP contribution < -0.4 is 4.74 Å². The van der Waals surface area contributed by atoms with Crippen LogP contribution in [0.25, 0.3) is 0 Å². The number of likely N-dealkylation sites (tertiary alicyclic amines) is 1. The molecule has 0 amide bonds. The van der Waals surface area contributed by atoms with Crippen LogP contribution in [-0.2, 0) is 0 Å². The van der Waals surface area contributed by atoms with E-state index in [-0.39, 0.29) is 5.82 Å². The van der Waals surface area contributed by atoms with E-state index >= 15 is 0 Å². The van der Waals surface area contributed by atoms with Crippen LogP contribution in [0.2, 0.25) is 0 Å². The van der Waals surface area contributed by atoms with Gasteiger partial charge in [-0.15, -0.1) is 0 Å². The Balaban J connectivity index is 1.68. The van der Waals surface area contributed by atoms with E-state index < -0.39 is 0 Å². The van der Waals surface area contributed by atoms with E-state index in [4.69, 9.17) is 4.74 Å². The van der Waals surface area contributed by atoms with E-state index in [2.05, 4.69) is 20.8 Å². The third kappa shape index (κ3) is 3.96. The number of nitrogens with zero attached hydrogens (tertiary/aromatic N) is 1. The third-order valence-corrected chi connectivity index (χ3v) is 3.62. The molecule has 0 N–H and O–H groups in total. The normalized spacial score (nSPS) is 16.4. The molecule has 0 atom stereocenters. The van der Waals surface area contributed by atoms with Crippen molar-refractivity contribution in [3.05, 3.63) is 28.5 Å². The zero-order chi connectivity index (χ0) is 12.1. The fourth-order valence-electron chi connectivity index (χ4n) is 2.05. The van der Waals surface area contributed by atoms with Gasteiger partial charge in [-0.25, -0.2) is 4.39 Å². The minimum Gasteiger partial charge on any atom is -0.493 e. The minimum absolute atomic E-state index is 0.276. The molecule has 1 aliphatic rings. The van der Waals surface area contributed by atoms with Gasteiger partial charge in [-0.05, 0) is 60.4 Å². The number of hydrogen-bond donors (Lipinski definition) is 0. The maximum Gasteiger partial charge on any atom is 0.141 e. The molecule has 0 aromatic heterocycles. The van der Waals surface area contributed by atoms with Crippen LogP contribution >= 0.6 is 15.9 Å². The highest BCUT2D eigenvalue weighted by molar-refractivity contribution is 9.10. The summed E-state index contributed by atoms with van der Waals surface area (Å²) in [7, 11) is 0. The predicted molar refractivity (Wildman–Crippen MR) is 69.9 cm³/mol. The largest absolute Gasteiger partial charge is 0.493 e. The van der Waals surface area contributed by atoms with Gasteiger partial charge < -0.3 is 9.64 Å². The van der Waals surface area contributed by atoms with Gasteiger partial charge in [-0.1, -0.05) is 0 Å². The van der Waals surface area contributed by atoms with E-state index in [0.717, 1.165) is 13.0 Å². The summed E-state index contributed by atoms with van der Waals surface area (Å²) < 4.78 is 19.2. The predicted octanol–water partition coefficient (Wildman–Crippen LogP) is 3.45. The monoisotopic (exact) mass is 301 g/mol. The van der Waals surface area contributed by atoms with E-state index in [1.807, 2.05) is 0 Å². The average Bonchev–Trinajstić information content (AvgIpc) is 2.82. The molecule has 4 heteroatoms. The van der Waals surface area contributed by atoms with Crippen molar-refractivity contribution in [2.45, 2.75) is 19.3 Å². The van der Waals surface area contributed by atoms with Gasteiger partial charge in [0.2, 0.25) is 0 Å². The van der Waals surface area contributed by atoms with Crippen molar-refractivity contribution in [1.82, 2.24) is 4.90 Å².